The van der Waals surface area contributed by atoms with E-state index >= 15 is 0 Å². The first-order chi connectivity index (χ1) is 7.75. The van der Waals surface area contributed by atoms with Gasteiger partial charge in [0.15, 0.2) is 0 Å². The summed E-state index contributed by atoms with van der Waals surface area (Å²) >= 11 is 0. The van der Waals surface area contributed by atoms with Crippen molar-refractivity contribution < 1.29 is 0 Å². The van der Waals surface area contributed by atoms with Crippen LogP contribution in [0, 0.1) is 5.92 Å². The van der Waals surface area contributed by atoms with Crippen LogP contribution in [0.25, 0.3) is 0 Å². The van der Waals surface area contributed by atoms with Crippen molar-refractivity contribution in [2.24, 2.45) is 5.92 Å². The molecule has 3 atom stereocenters. The molecule has 0 spiro atoms. The van der Waals surface area contributed by atoms with E-state index in [1.807, 2.05) is 12.3 Å². The van der Waals surface area contributed by atoms with E-state index in [-0.39, 0.29) is 0 Å². The molecule has 88 valence electrons. The molecule has 1 aliphatic carbocycles. The van der Waals surface area contributed by atoms with Gasteiger partial charge in [-0.3, -0.25) is 4.98 Å². The molecule has 16 heavy (non-hydrogen) atoms. The van der Waals surface area contributed by atoms with E-state index in [1.165, 1.54) is 25.7 Å². The van der Waals surface area contributed by atoms with Crippen molar-refractivity contribution in [1.29, 1.82) is 0 Å². The van der Waals surface area contributed by atoms with Crippen LogP contribution >= 0.6 is 0 Å². The van der Waals surface area contributed by atoms with Crippen LogP contribution in [0.5, 0.6) is 0 Å². The minimum Gasteiger partial charge on any atom is -0.306 e. The van der Waals surface area contributed by atoms with Crippen LogP contribution < -0.4 is 5.32 Å². The molecule has 1 fully saturated rings. The highest BCUT2D eigenvalue weighted by molar-refractivity contribution is 5.07. The highest BCUT2D eigenvalue weighted by Gasteiger charge is 2.20. The number of rotatable bonds is 3. The van der Waals surface area contributed by atoms with E-state index in [2.05, 4.69) is 36.3 Å². The van der Waals surface area contributed by atoms with Gasteiger partial charge in [0, 0.05) is 18.3 Å². The van der Waals surface area contributed by atoms with Gasteiger partial charge < -0.3 is 5.32 Å². The SMILES string of the molecule is CC1CCCC(N[C@@H](C)c2ccccn2)C1. The maximum Gasteiger partial charge on any atom is 0.0570 e. The number of pyridine rings is 1. The van der Waals surface area contributed by atoms with Crippen molar-refractivity contribution in [2.75, 3.05) is 0 Å². The van der Waals surface area contributed by atoms with Crippen LogP contribution in [-0.2, 0) is 0 Å². The minimum absolute atomic E-state index is 0.372. The van der Waals surface area contributed by atoms with Crippen molar-refractivity contribution >= 4 is 0 Å². The first-order valence-electron chi connectivity index (χ1n) is 6.42. The van der Waals surface area contributed by atoms with Crippen LogP contribution in [0.15, 0.2) is 24.4 Å². The zero-order valence-electron chi connectivity index (χ0n) is 10.3. The van der Waals surface area contributed by atoms with Crippen molar-refractivity contribution in [3.05, 3.63) is 30.1 Å². The Labute approximate surface area is 98.5 Å². The summed E-state index contributed by atoms with van der Waals surface area (Å²) in [5.41, 5.74) is 1.15. The lowest BCUT2D eigenvalue weighted by atomic mass is 9.86. The Hall–Kier alpha value is -0.890. The Bertz CT molecular complexity index is 310. The topological polar surface area (TPSA) is 24.9 Å². The smallest absolute Gasteiger partial charge is 0.0570 e. The van der Waals surface area contributed by atoms with Crippen molar-refractivity contribution in [1.82, 2.24) is 10.3 Å². The first kappa shape index (κ1) is 11.6. The van der Waals surface area contributed by atoms with Crippen LogP contribution in [0.4, 0.5) is 0 Å². The lowest BCUT2D eigenvalue weighted by Crippen LogP contribution is -2.35. The Morgan fingerprint density at radius 3 is 2.94 bits per heavy atom. The number of aromatic nitrogens is 1. The molecular formula is C14H22N2. The second-order valence-corrected chi connectivity index (χ2v) is 5.11. The number of hydrogen-bond donors (Lipinski definition) is 1. The minimum atomic E-state index is 0.372. The fourth-order valence-corrected chi connectivity index (χ4v) is 2.66. The molecule has 0 radical (unpaired) electrons. The molecule has 0 aromatic carbocycles. The predicted molar refractivity (Wildman–Crippen MR) is 67.2 cm³/mol. The van der Waals surface area contributed by atoms with E-state index < -0.39 is 0 Å². The standard InChI is InChI=1S/C14H22N2/c1-11-6-5-7-13(10-11)16-12(2)14-8-3-4-9-15-14/h3-4,8-9,11-13,16H,5-7,10H2,1-2H3/t11?,12-,13?/m0/s1. The molecule has 0 saturated heterocycles. The summed E-state index contributed by atoms with van der Waals surface area (Å²) in [6.07, 6.45) is 7.28. The molecule has 2 nitrogen and oxygen atoms in total. The summed E-state index contributed by atoms with van der Waals surface area (Å²) in [4.78, 5) is 4.40. The lowest BCUT2D eigenvalue weighted by molar-refractivity contribution is 0.284. The van der Waals surface area contributed by atoms with Crippen molar-refractivity contribution in [3.63, 3.8) is 0 Å². The van der Waals surface area contributed by atoms with Gasteiger partial charge >= 0.3 is 0 Å². The molecule has 1 N–H and O–H groups in total. The molecule has 2 rings (SSSR count). The van der Waals surface area contributed by atoms with E-state index in [1.54, 1.807) is 0 Å². The quantitative estimate of drug-likeness (QED) is 0.842. The molecule has 0 aliphatic heterocycles. The Kier molecular flexibility index (Phi) is 3.94. The summed E-state index contributed by atoms with van der Waals surface area (Å²) in [7, 11) is 0. The Morgan fingerprint density at radius 1 is 1.38 bits per heavy atom. The zero-order chi connectivity index (χ0) is 11.4. The lowest BCUT2D eigenvalue weighted by Gasteiger charge is -2.30. The fourth-order valence-electron chi connectivity index (χ4n) is 2.66. The van der Waals surface area contributed by atoms with Gasteiger partial charge in [-0.05, 0) is 37.8 Å². The van der Waals surface area contributed by atoms with Crippen molar-refractivity contribution in [2.45, 2.75) is 51.6 Å². The zero-order valence-corrected chi connectivity index (χ0v) is 10.3. The second-order valence-electron chi connectivity index (χ2n) is 5.11. The first-order valence-corrected chi connectivity index (χ1v) is 6.42. The van der Waals surface area contributed by atoms with Crippen LogP contribution in [0.3, 0.4) is 0 Å². The Balaban J connectivity index is 1.89. The van der Waals surface area contributed by atoms with Crippen molar-refractivity contribution in [3.8, 4) is 0 Å². The van der Waals surface area contributed by atoms with E-state index in [4.69, 9.17) is 0 Å². The third-order valence-electron chi connectivity index (χ3n) is 3.55. The summed E-state index contributed by atoms with van der Waals surface area (Å²) < 4.78 is 0. The van der Waals surface area contributed by atoms with Gasteiger partial charge in [-0.1, -0.05) is 25.8 Å². The maximum atomic E-state index is 4.40. The normalized spacial score (nSPS) is 27.6. The van der Waals surface area contributed by atoms with Gasteiger partial charge in [-0.25, -0.2) is 0 Å². The average molecular weight is 218 g/mol. The van der Waals surface area contributed by atoms with Gasteiger partial charge in [0.05, 0.1) is 5.69 Å². The third kappa shape index (κ3) is 3.05. The van der Waals surface area contributed by atoms with Gasteiger partial charge in [-0.15, -0.1) is 0 Å². The number of nitrogens with one attached hydrogen (secondary N) is 1. The molecule has 1 saturated carbocycles. The molecule has 2 unspecified atom stereocenters. The highest BCUT2D eigenvalue weighted by Crippen LogP contribution is 2.25. The summed E-state index contributed by atoms with van der Waals surface area (Å²) in [5, 5.41) is 3.70. The van der Waals surface area contributed by atoms with Crippen LogP contribution in [0.1, 0.15) is 51.3 Å². The molecule has 0 bridgehead atoms. The second kappa shape index (κ2) is 5.44. The predicted octanol–water partition coefficient (Wildman–Crippen LogP) is 3.31. The van der Waals surface area contributed by atoms with Crippen LogP contribution in [-0.4, -0.2) is 11.0 Å². The molecule has 1 aromatic heterocycles. The number of nitrogens with zero attached hydrogens (tertiary/aromatic N) is 1. The van der Waals surface area contributed by atoms with E-state index in [0.29, 0.717) is 12.1 Å². The van der Waals surface area contributed by atoms with Gasteiger partial charge in [-0.2, -0.15) is 0 Å². The molecule has 1 heterocycles. The molecule has 1 aliphatic rings. The van der Waals surface area contributed by atoms with Gasteiger partial charge in [0.1, 0.15) is 0 Å². The fraction of sp³-hybridized carbons (Fsp3) is 0.643. The highest BCUT2D eigenvalue weighted by atomic mass is 15.0. The summed E-state index contributed by atoms with van der Waals surface area (Å²) in [6, 6.07) is 7.18. The molecule has 0 amide bonds. The van der Waals surface area contributed by atoms with Crippen LogP contribution in [0.2, 0.25) is 0 Å². The molecule has 2 heteroatoms. The Morgan fingerprint density at radius 2 is 2.25 bits per heavy atom. The van der Waals surface area contributed by atoms with Gasteiger partial charge in [0.25, 0.3) is 0 Å². The molecular weight excluding hydrogens is 196 g/mol. The summed E-state index contributed by atoms with van der Waals surface area (Å²) in [5.74, 6) is 0.877. The maximum absolute atomic E-state index is 4.40. The average Bonchev–Trinajstić information content (AvgIpc) is 2.30. The largest absolute Gasteiger partial charge is 0.306 e. The summed E-state index contributed by atoms with van der Waals surface area (Å²) in [6.45, 7) is 4.57. The third-order valence-corrected chi connectivity index (χ3v) is 3.55. The number of hydrogen-bond acceptors (Lipinski definition) is 2. The van der Waals surface area contributed by atoms with Gasteiger partial charge in [0.2, 0.25) is 0 Å². The monoisotopic (exact) mass is 218 g/mol. The molecule has 1 aromatic rings. The van der Waals surface area contributed by atoms with E-state index in [9.17, 15) is 0 Å². The van der Waals surface area contributed by atoms with E-state index in [0.717, 1.165) is 11.6 Å².